The first-order chi connectivity index (χ1) is 22.5. The van der Waals surface area contributed by atoms with Crippen molar-refractivity contribution in [3.05, 3.63) is 12.2 Å². The average molecular weight is 695 g/mol. The second-order valence-electron chi connectivity index (χ2n) is 12.5. The van der Waals surface area contributed by atoms with Crippen LogP contribution in [-0.2, 0) is 38.7 Å². The molecular formula is C34H62O12S. The van der Waals surface area contributed by atoms with Crippen LogP contribution >= 0.6 is 0 Å². The number of allylic oxidation sites excluding steroid dienone is 2. The lowest BCUT2D eigenvalue weighted by Gasteiger charge is -2.40. The number of aliphatic hydroxyl groups is 3. The quantitative estimate of drug-likeness (QED) is 0.0365. The van der Waals surface area contributed by atoms with Gasteiger partial charge in [0.1, 0.15) is 36.8 Å². The first-order valence-electron chi connectivity index (χ1n) is 17.7. The molecule has 276 valence electrons. The molecule has 12 nitrogen and oxygen atoms in total. The van der Waals surface area contributed by atoms with E-state index in [0.717, 1.165) is 57.8 Å². The number of hydrogen-bond donors (Lipinski definition) is 4. The largest absolute Gasteiger partial charge is 0.462 e. The minimum absolute atomic E-state index is 0.156. The predicted octanol–water partition coefficient (Wildman–Crippen LogP) is 5.16. The van der Waals surface area contributed by atoms with Gasteiger partial charge in [-0.3, -0.25) is 14.1 Å². The van der Waals surface area contributed by atoms with Gasteiger partial charge in [-0.1, -0.05) is 103 Å². The van der Waals surface area contributed by atoms with Crippen LogP contribution in [0.1, 0.15) is 136 Å². The number of carbonyl (C=O) groups is 2. The molecule has 4 N–H and O–H groups in total. The Morgan fingerprint density at radius 2 is 1.23 bits per heavy atom. The molecule has 1 rings (SSSR count). The number of carbonyl (C=O) groups excluding carboxylic acids is 2. The standard InChI is InChI=1S/C34H62O12S/c1-3-5-7-9-11-13-14-15-17-19-21-23-30(36)45-27(24-43-29(35)22-20-18-16-12-10-8-6-4-2)25-44-34-33(39)32(38)31(37)28(46-34)26-47(40,41)42/h9,11,27-28,31-34,37-39H,3-8,10,12-26H2,1-2H3,(H,40,41,42)/b11-9+/t27-,28-,31-,32?,33?,34+/m1/s1. The summed E-state index contributed by atoms with van der Waals surface area (Å²) in [5.41, 5.74) is 0. The van der Waals surface area contributed by atoms with Crippen LogP contribution < -0.4 is 0 Å². The lowest BCUT2D eigenvalue weighted by atomic mass is 10.00. The van der Waals surface area contributed by atoms with Gasteiger partial charge < -0.3 is 34.3 Å². The molecule has 6 atom stereocenters. The fraction of sp³-hybridized carbons (Fsp3) is 0.882. The molecule has 0 radical (unpaired) electrons. The number of ether oxygens (including phenoxy) is 4. The molecule has 0 bridgehead atoms. The summed E-state index contributed by atoms with van der Waals surface area (Å²) in [5.74, 6) is -2.00. The maximum atomic E-state index is 12.6. The van der Waals surface area contributed by atoms with Crippen LogP contribution in [0.2, 0.25) is 0 Å². The highest BCUT2D eigenvalue weighted by molar-refractivity contribution is 7.85. The number of unbranched alkanes of at least 4 members (excludes halogenated alkanes) is 14. The van der Waals surface area contributed by atoms with Crippen molar-refractivity contribution >= 4 is 22.1 Å². The molecule has 0 amide bonds. The zero-order valence-electron chi connectivity index (χ0n) is 28.6. The van der Waals surface area contributed by atoms with E-state index >= 15 is 0 Å². The molecule has 1 aliphatic rings. The van der Waals surface area contributed by atoms with Crippen LogP contribution in [0.5, 0.6) is 0 Å². The Labute approximate surface area is 282 Å². The van der Waals surface area contributed by atoms with Crippen LogP contribution in [0.3, 0.4) is 0 Å². The van der Waals surface area contributed by atoms with E-state index in [1.807, 2.05) is 0 Å². The number of esters is 2. The summed E-state index contributed by atoms with van der Waals surface area (Å²) in [6.45, 7) is 3.63. The van der Waals surface area contributed by atoms with Crippen molar-refractivity contribution in [2.75, 3.05) is 19.0 Å². The van der Waals surface area contributed by atoms with E-state index in [9.17, 15) is 33.3 Å². The van der Waals surface area contributed by atoms with Crippen molar-refractivity contribution in [1.29, 1.82) is 0 Å². The number of aliphatic hydroxyl groups excluding tert-OH is 3. The summed E-state index contributed by atoms with van der Waals surface area (Å²) in [6, 6.07) is 0. The van der Waals surface area contributed by atoms with Crippen LogP contribution in [0, 0.1) is 0 Å². The van der Waals surface area contributed by atoms with Crippen molar-refractivity contribution in [3.8, 4) is 0 Å². The maximum absolute atomic E-state index is 12.6. The lowest BCUT2D eigenvalue weighted by molar-refractivity contribution is -0.297. The summed E-state index contributed by atoms with van der Waals surface area (Å²) < 4.78 is 53.6. The SMILES string of the molecule is CCCC/C=C/CCCCCCCC(=O)O[C@H](COC(=O)CCCCCCCCCC)CO[C@H]1O[C@H](CS(=O)(=O)O)[C@@H](O)C(O)C1O. The monoisotopic (exact) mass is 694 g/mol. The topological polar surface area (TPSA) is 186 Å². The highest BCUT2D eigenvalue weighted by Gasteiger charge is 2.46. The predicted molar refractivity (Wildman–Crippen MR) is 178 cm³/mol. The molecule has 0 aromatic rings. The summed E-state index contributed by atoms with van der Waals surface area (Å²) in [6.07, 6.45) is 13.0. The minimum atomic E-state index is -4.59. The van der Waals surface area contributed by atoms with Gasteiger partial charge in [0, 0.05) is 12.8 Å². The molecule has 1 saturated heterocycles. The van der Waals surface area contributed by atoms with E-state index in [-0.39, 0.29) is 19.4 Å². The minimum Gasteiger partial charge on any atom is -0.462 e. The molecule has 0 aromatic heterocycles. The molecule has 47 heavy (non-hydrogen) atoms. The summed E-state index contributed by atoms with van der Waals surface area (Å²) in [5, 5.41) is 30.6. The van der Waals surface area contributed by atoms with Gasteiger partial charge >= 0.3 is 11.9 Å². The Kier molecular flexibility index (Phi) is 24.3. The Bertz CT molecular complexity index is 957. The first-order valence-corrected chi connectivity index (χ1v) is 19.4. The van der Waals surface area contributed by atoms with Gasteiger partial charge in [0.2, 0.25) is 0 Å². The molecular weight excluding hydrogens is 632 g/mol. The third kappa shape index (κ3) is 21.9. The summed E-state index contributed by atoms with van der Waals surface area (Å²) >= 11 is 0. The molecule has 2 unspecified atom stereocenters. The van der Waals surface area contributed by atoms with Gasteiger partial charge in [0.15, 0.2) is 12.4 Å². The van der Waals surface area contributed by atoms with E-state index < -0.39 is 71.2 Å². The van der Waals surface area contributed by atoms with Gasteiger partial charge in [-0.25, -0.2) is 0 Å². The zero-order valence-corrected chi connectivity index (χ0v) is 29.5. The van der Waals surface area contributed by atoms with Crippen molar-refractivity contribution in [3.63, 3.8) is 0 Å². The second kappa shape index (κ2) is 26.3. The molecule has 0 spiro atoms. The zero-order chi connectivity index (χ0) is 34.9. The highest BCUT2D eigenvalue weighted by Crippen LogP contribution is 2.24. The average Bonchev–Trinajstić information content (AvgIpc) is 3.02. The molecule has 0 aliphatic carbocycles. The lowest BCUT2D eigenvalue weighted by Crippen LogP contribution is -2.60. The fourth-order valence-corrected chi connectivity index (χ4v) is 5.93. The maximum Gasteiger partial charge on any atom is 0.306 e. The Morgan fingerprint density at radius 3 is 1.83 bits per heavy atom. The van der Waals surface area contributed by atoms with Crippen LogP contribution in [0.4, 0.5) is 0 Å². The van der Waals surface area contributed by atoms with Gasteiger partial charge in [0.25, 0.3) is 10.1 Å². The van der Waals surface area contributed by atoms with E-state index in [1.165, 1.54) is 38.5 Å². The highest BCUT2D eigenvalue weighted by atomic mass is 32.2. The molecule has 0 aromatic carbocycles. The second-order valence-corrected chi connectivity index (χ2v) is 14.0. The van der Waals surface area contributed by atoms with Crippen LogP contribution in [-0.4, -0.2) is 96.0 Å². The van der Waals surface area contributed by atoms with E-state index in [4.69, 9.17) is 23.5 Å². The van der Waals surface area contributed by atoms with Crippen molar-refractivity contribution in [2.45, 2.75) is 173 Å². The molecule has 1 fully saturated rings. The molecule has 0 saturated carbocycles. The molecule has 1 aliphatic heterocycles. The first kappa shape index (κ1) is 43.4. The van der Waals surface area contributed by atoms with Gasteiger partial charge in [-0.2, -0.15) is 8.42 Å². The van der Waals surface area contributed by atoms with Crippen molar-refractivity contribution in [2.24, 2.45) is 0 Å². The normalized spacial score (nSPS) is 22.4. The Morgan fingerprint density at radius 1 is 0.702 bits per heavy atom. The number of hydrogen-bond acceptors (Lipinski definition) is 11. The van der Waals surface area contributed by atoms with E-state index in [1.54, 1.807) is 0 Å². The third-order valence-electron chi connectivity index (χ3n) is 8.10. The fourth-order valence-electron chi connectivity index (χ4n) is 5.24. The van der Waals surface area contributed by atoms with Crippen molar-refractivity contribution in [1.82, 2.24) is 0 Å². The Hall–Kier alpha value is -1.61. The van der Waals surface area contributed by atoms with Crippen molar-refractivity contribution < 1.29 is 56.8 Å². The van der Waals surface area contributed by atoms with Gasteiger partial charge in [-0.05, 0) is 32.1 Å². The van der Waals surface area contributed by atoms with Crippen LogP contribution in [0.25, 0.3) is 0 Å². The molecule has 1 heterocycles. The smallest absolute Gasteiger partial charge is 0.306 e. The van der Waals surface area contributed by atoms with E-state index in [0.29, 0.717) is 12.8 Å². The van der Waals surface area contributed by atoms with Gasteiger partial charge in [-0.15, -0.1) is 0 Å². The summed E-state index contributed by atoms with van der Waals surface area (Å²) in [4.78, 5) is 25.0. The molecule has 13 heteroatoms. The van der Waals surface area contributed by atoms with Gasteiger partial charge in [0.05, 0.1) is 6.61 Å². The third-order valence-corrected chi connectivity index (χ3v) is 8.85. The number of rotatable bonds is 28. The summed E-state index contributed by atoms with van der Waals surface area (Å²) in [7, 11) is -4.59. The Balaban J connectivity index is 2.58. The van der Waals surface area contributed by atoms with Crippen LogP contribution in [0.15, 0.2) is 12.2 Å². The van der Waals surface area contributed by atoms with E-state index in [2.05, 4.69) is 26.0 Å².